The molecule has 0 radical (unpaired) electrons. The molecule has 1 aliphatic heterocycles. The number of benzene rings is 1. The normalized spacial score (nSPS) is 15.3. The Bertz CT molecular complexity index is 583. The van der Waals surface area contributed by atoms with E-state index in [0.29, 0.717) is 13.2 Å². The van der Waals surface area contributed by atoms with Gasteiger partial charge in [0.05, 0.1) is 11.7 Å². The smallest absolute Gasteiger partial charge is 0.173 e. The lowest BCUT2D eigenvalue weighted by atomic mass is 10.2. The molecular formula is C12H15N5O2. The van der Waals surface area contributed by atoms with Crippen molar-refractivity contribution in [2.45, 2.75) is 13.0 Å². The Morgan fingerprint density at radius 3 is 2.84 bits per heavy atom. The van der Waals surface area contributed by atoms with Crippen molar-refractivity contribution in [3.63, 3.8) is 0 Å². The van der Waals surface area contributed by atoms with Crippen molar-refractivity contribution in [3.8, 4) is 17.2 Å². The van der Waals surface area contributed by atoms with Crippen LogP contribution in [0.25, 0.3) is 5.69 Å². The van der Waals surface area contributed by atoms with Gasteiger partial charge in [-0.05, 0) is 36.5 Å². The highest BCUT2D eigenvalue weighted by Gasteiger charge is 2.17. The molecule has 0 saturated heterocycles. The van der Waals surface area contributed by atoms with E-state index in [4.69, 9.17) is 9.47 Å². The Kier molecular flexibility index (Phi) is 3.04. The fourth-order valence-electron chi connectivity index (χ4n) is 1.94. The van der Waals surface area contributed by atoms with Crippen molar-refractivity contribution in [2.75, 3.05) is 20.3 Å². The van der Waals surface area contributed by atoms with Crippen LogP contribution >= 0.6 is 0 Å². The van der Waals surface area contributed by atoms with Gasteiger partial charge in [0.25, 0.3) is 0 Å². The van der Waals surface area contributed by atoms with Gasteiger partial charge in [-0.3, -0.25) is 0 Å². The molecule has 0 fully saturated rings. The van der Waals surface area contributed by atoms with Gasteiger partial charge in [0, 0.05) is 6.07 Å². The molecule has 1 aliphatic rings. The van der Waals surface area contributed by atoms with E-state index in [1.54, 1.807) is 4.68 Å². The summed E-state index contributed by atoms with van der Waals surface area (Å²) in [6.07, 6.45) is 0. The molecule has 19 heavy (non-hydrogen) atoms. The van der Waals surface area contributed by atoms with Crippen LogP contribution in [0.2, 0.25) is 0 Å². The van der Waals surface area contributed by atoms with E-state index in [9.17, 15) is 0 Å². The Hall–Kier alpha value is -2.15. The zero-order valence-corrected chi connectivity index (χ0v) is 10.8. The van der Waals surface area contributed by atoms with E-state index in [-0.39, 0.29) is 6.04 Å². The van der Waals surface area contributed by atoms with E-state index in [2.05, 4.69) is 20.8 Å². The van der Waals surface area contributed by atoms with Gasteiger partial charge in [0.2, 0.25) is 0 Å². The zero-order valence-electron chi connectivity index (χ0n) is 10.8. The number of rotatable bonds is 3. The molecule has 2 heterocycles. The van der Waals surface area contributed by atoms with Crippen LogP contribution in [0, 0.1) is 0 Å². The quantitative estimate of drug-likeness (QED) is 0.877. The second-order valence-corrected chi connectivity index (χ2v) is 4.29. The van der Waals surface area contributed by atoms with Crippen LogP contribution in [-0.2, 0) is 0 Å². The third kappa shape index (κ3) is 2.12. The van der Waals surface area contributed by atoms with Crippen LogP contribution in [0.15, 0.2) is 18.2 Å². The first-order valence-corrected chi connectivity index (χ1v) is 6.15. The van der Waals surface area contributed by atoms with E-state index in [1.807, 2.05) is 32.2 Å². The second kappa shape index (κ2) is 4.85. The molecule has 100 valence electrons. The van der Waals surface area contributed by atoms with Gasteiger partial charge in [0.15, 0.2) is 17.3 Å². The third-order valence-corrected chi connectivity index (χ3v) is 3.08. The average molecular weight is 261 g/mol. The summed E-state index contributed by atoms with van der Waals surface area (Å²) < 4.78 is 12.8. The van der Waals surface area contributed by atoms with Crippen LogP contribution in [0.4, 0.5) is 0 Å². The number of hydrogen-bond donors (Lipinski definition) is 1. The number of nitrogens with zero attached hydrogens (tertiary/aromatic N) is 4. The van der Waals surface area contributed by atoms with E-state index < -0.39 is 0 Å². The molecule has 3 rings (SSSR count). The largest absolute Gasteiger partial charge is 0.486 e. The van der Waals surface area contributed by atoms with Crippen LogP contribution in [0.3, 0.4) is 0 Å². The van der Waals surface area contributed by atoms with Crippen LogP contribution in [0.1, 0.15) is 18.8 Å². The molecule has 0 bridgehead atoms. The first-order valence-electron chi connectivity index (χ1n) is 6.15. The van der Waals surface area contributed by atoms with Gasteiger partial charge in [-0.1, -0.05) is 0 Å². The summed E-state index contributed by atoms with van der Waals surface area (Å²) in [5.74, 6) is 2.23. The summed E-state index contributed by atoms with van der Waals surface area (Å²) in [6, 6.07) is 5.73. The fraction of sp³-hybridized carbons (Fsp3) is 0.417. The number of fused-ring (bicyclic) bond motifs is 1. The molecule has 7 heteroatoms. The lowest BCUT2D eigenvalue weighted by Crippen LogP contribution is -2.18. The maximum Gasteiger partial charge on any atom is 0.173 e. The average Bonchev–Trinajstić information content (AvgIpc) is 2.95. The van der Waals surface area contributed by atoms with Gasteiger partial charge in [0.1, 0.15) is 13.2 Å². The molecule has 0 saturated carbocycles. The van der Waals surface area contributed by atoms with E-state index in [0.717, 1.165) is 23.0 Å². The van der Waals surface area contributed by atoms with Crippen molar-refractivity contribution in [2.24, 2.45) is 0 Å². The van der Waals surface area contributed by atoms with Crippen molar-refractivity contribution in [1.82, 2.24) is 25.5 Å². The minimum atomic E-state index is 0.0585. The lowest BCUT2D eigenvalue weighted by Gasteiger charge is -2.19. The van der Waals surface area contributed by atoms with Gasteiger partial charge in [-0.2, -0.15) is 4.68 Å². The monoisotopic (exact) mass is 261 g/mol. The van der Waals surface area contributed by atoms with Crippen molar-refractivity contribution in [1.29, 1.82) is 0 Å². The Morgan fingerprint density at radius 2 is 2.05 bits per heavy atom. The Morgan fingerprint density at radius 1 is 1.26 bits per heavy atom. The minimum absolute atomic E-state index is 0.0585. The highest BCUT2D eigenvalue weighted by Crippen LogP contribution is 2.32. The van der Waals surface area contributed by atoms with Crippen molar-refractivity contribution >= 4 is 0 Å². The molecule has 0 amide bonds. The van der Waals surface area contributed by atoms with E-state index >= 15 is 0 Å². The number of hydrogen-bond acceptors (Lipinski definition) is 6. The number of aromatic nitrogens is 4. The van der Waals surface area contributed by atoms with E-state index in [1.165, 1.54) is 0 Å². The predicted molar refractivity (Wildman–Crippen MR) is 67.6 cm³/mol. The summed E-state index contributed by atoms with van der Waals surface area (Å²) in [7, 11) is 1.87. The topological polar surface area (TPSA) is 74.1 Å². The standard InChI is InChI=1S/C12H15N5O2/c1-8(13-2)12-14-15-16-17(12)9-3-4-10-11(7-9)19-6-5-18-10/h3-4,7-8,13H,5-6H2,1-2H3. The molecule has 0 spiro atoms. The molecule has 0 aliphatic carbocycles. The molecule has 1 aromatic heterocycles. The van der Waals surface area contributed by atoms with Gasteiger partial charge < -0.3 is 14.8 Å². The SMILES string of the molecule is CNC(C)c1nnnn1-c1ccc2c(c1)OCCO2. The summed E-state index contributed by atoms with van der Waals surface area (Å²) in [5.41, 5.74) is 0.853. The fourth-order valence-corrected chi connectivity index (χ4v) is 1.94. The highest BCUT2D eigenvalue weighted by atomic mass is 16.6. The second-order valence-electron chi connectivity index (χ2n) is 4.29. The maximum absolute atomic E-state index is 5.57. The molecule has 2 aromatic rings. The minimum Gasteiger partial charge on any atom is -0.486 e. The molecule has 7 nitrogen and oxygen atoms in total. The Labute approximate surface area is 110 Å². The predicted octanol–water partition coefficient (Wildman–Crippen LogP) is 0.714. The van der Waals surface area contributed by atoms with Crippen molar-refractivity contribution in [3.05, 3.63) is 24.0 Å². The van der Waals surface area contributed by atoms with Crippen LogP contribution < -0.4 is 14.8 Å². The zero-order chi connectivity index (χ0) is 13.2. The molecular weight excluding hydrogens is 246 g/mol. The number of tetrazole rings is 1. The van der Waals surface area contributed by atoms with Crippen molar-refractivity contribution < 1.29 is 9.47 Å². The van der Waals surface area contributed by atoms with Gasteiger partial charge in [-0.25, -0.2) is 0 Å². The highest BCUT2D eigenvalue weighted by molar-refractivity contribution is 5.49. The third-order valence-electron chi connectivity index (χ3n) is 3.08. The van der Waals surface area contributed by atoms with Gasteiger partial charge in [-0.15, -0.1) is 5.10 Å². The van der Waals surface area contributed by atoms with Crippen LogP contribution in [-0.4, -0.2) is 40.5 Å². The number of nitrogens with one attached hydrogen (secondary N) is 1. The summed E-state index contributed by atoms with van der Waals surface area (Å²) >= 11 is 0. The summed E-state index contributed by atoms with van der Waals surface area (Å²) in [6.45, 7) is 3.14. The molecule has 1 unspecified atom stereocenters. The first kappa shape index (κ1) is 11.9. The first-order chi connectivity index (χ1) is 9.29. The molecule has 1 aromatic carbocycles. The maximum atomic E-state index is 5.57. The molecule has 1 atom stereocenters. The summed E-state index contributed by atoms with van der Waals surface area (Å²) in [5, 5.41) is 14.9. The summed E-state index contributed by atoms with van der Waals surface area (Å²) in [4.78, 5) is 0. The Balaban J connectivity index is 2.00. The van der Waals surface area contributed by atoms with Crippen LogP contribution in [0.5, 0.6) is 11.5 Å². The molecule has 1 N–H and O–H groups in total. The van der Waals surface area contributed by atoms with Gasteiger partial charge >= 0.3 is 0 Å². The number of ether oxygens (including phenoxy) is 2. The lowest BCUT2D eigenvalue weighted by molar-refractivity contribution is 0.171.